The van der Waals surface area contributed by atoms with E-state index in [9.17, 15) is 13.2 Å². The average molecular weight is 237 g/mol. The van der Waals surface area contributed by atoms with Crippen LogP contribution in [0, 0.1) is 0 Å². The molecule has 88 valence electrons. The van der Waals surface area contributed by atoms with E-state index in [1.54, 1.807) is 47.8 Å². The number of nitrogens with one attached hydrogen (secondary N) is 1. The predicted octanol–water partition coefficient (Wildman–Crippen LogP) is 4.29. The topological polar surface area (TPSA) is 12.0 Å². The van der Waals surface area contributed by atoms with Gasteiger partial charge in [0, 0.05) is 11.3 Å². The van der Waals surface area contributed by atoms with E-state index in [2.05, 4.69) is 0 Å². The van der Waals surface area contributed by atoms with Gasteiger partial charge >= 0.3 is 6.30 Å². The molecule has 0 saturated heterocycles. The van der Waals surface area contributed by atoms with Gasteiger partial charge in [-0.05, 0) is 11.6 Å². The third-order valence-corrected chi connectivity index (χ3v) is 2.29. The molecule has 0 heterocycles. The molecule has 4 heteroatoms. The van der Waals surface area contributed by atoms with Crippen LogP contribution in [0.1, 0.15) is 0 Å². The lowest BCUT2D eigenvalue weighted by Gasteiger charge is -2.14. The highest BCUT2D eigenvalue weighted by Gasteiger charge is 2.28. The second kappa shape index (κ2) is 4.49. The summed E-state index contributed by atoms with van der Waals surface area (Å²) in [6, 6.07) is 15.3. The van der Waals surface area contributed by atoms with Crippen molar-refractivity contribution in [2.75, 3.05) is 5.32 Å². The second-order valence-corrected chi connectivity index (χ2v) is 3.53. The van der Waals surface area contributed by atoms with Crippen LogP contribution in [0.5, 0.6) is 0 Å². The van der Waals surface area contributed by atoms with Crippen molar-refractivity contribution in [2.24, 2.45) is 0 Å². The molecule has 0 aliphatic rings. The van der Waals surface area contributed by atoms with E-state index in [1.807, 2.05) is 6.07 Å². The number of halogens is 3. The van der Waals surface area contributed by atoms with Crippen LogP contribution in [0.3, 0.4) is 0 Å². The largest absolute Gasteiger partial charge is 0.482 e. The maximum absolute atomic E-state index is 12.3. The number of benzene rings is 2. The van der Waals surface area contributed by atoms with Crippen LogP contribution in [0.4, 0.5) is 18.9 Å². The molecular formula is C13H10F3N. The lowest BCUT2D eigenvalue weighted by atomic mass is 10.0. The van der Waals surface area contributed by atoms with Crippen molar-refractivity contribution in [3.63, 3.8) is 0 Å². The highest BCUT2D eigenvalue weighted by Crippen LogP contribution is 2.30. The summed E-state index contributed by atoms with van der Waals surface area (Å²) in [5.74, 6) is 0. The summed E-state index contributed by atoms with van der Waals surface area (Å²) in [5, 5.41) is 1.55. The number of rotatable bonds is 2. The minimum absolute atomic E-state index is 0.0613. The maximum atomic E-state index is 12.3. The molecule has 0 unspecified atom stereocenters. The van der Waals surface area contributed by atoms with Gasteiger partial charge in [-0.3, -0.25) is 5.32 Å². The van der Waals surface area contributed by atoms with Gasteiger partial charge in [-0.1, -0.05) is 48.5 Å². The first-order chi connectivity index (χ1) is 8.06. The third-order valence-electron chi connectivity index (χ3n) is 2.29. The molecule has 0 aliphatic carbocycles. The van der Waals surface area contributed by atoms with Gasteiger partial charge in [0.15, 0.2) is 0 Å². The zero-order valence-corrected chi connectivity index (χ0v) is 8.83. The highest BCUT2D eigenvalue weighted by molar-refractivity contribution is 5.77. The van der Waals surface area contributed by atoms with E-state index in [0.29, 0.717) is 5.56 Å². The van der Waals surface area contributed by atoms with Gasteiger partial charge in [-0.15, -0.1) is 0 Å². The van der Waals surface area contributed by atoms with Crippen molar-refractivity contribution >= 4 is 5.69 Å². The Labute approximate surface area is 96.9 Å². The second-order valence-electron chi connectivity index (χ2n) is 3.53. The molecule has 17 heavy (non-hydrogen) atoms. The number of alkyl halides is 3. The first-order valence-electron chi connectivity index (χ1n) is 5.05. The van der Waals surface area contributed by atoms with Gasteiger partial charge < -0.3 is 0 Å². The Morgan fingerprint density at radius 1 is 0.765 bits per heavy atom. The van der Waals surface area contributed by atoms with E-state index < -0.39 is 6.30 Å². The van der Waals surface area contributed by atoms with E-state index in [4.69, 9.17) is 0 Å². The first kappa shape index (κ1) is 11.5. The van der Waals surface area contributed by atoms with Crippen LogP contribution in [0.15, 0.2) is 54.6 Å². The summed E-state index contributed by atoms with van der Waals surface area (Å²) in [7, 11) is 0. The lowest BCUT2D eigenvalue weighted by molar-refractivity contribution is -0.0998. The van der Waals surface area contributed by atoms with Crippen LogP contribution in [0.25, 0.3) is 11.1 Å². The fourth-order valence-electron chi connectivity index (χ4n) is 1.61. The molecule has 0 aliphatic heterocycles. The number of para-hydroxylation sites is 1. The minimum Gasteiger partial charge on any atom is -0.297 e. The van der Waals surface area contributed by atoms with E-state index in [-0.39, 0.29) is 5.69 Å². The fraction of sp³-hybridized carbons (Fsp3) is 0.0769. The summed E-state index contributed by atoms with van der Waals surface area (Å²) in [5.41, 5.74) is 1.34. The highest BCUT2D eigenvalue weighted by atomic mass is 19.4. The smallest absolute Gasteiger partial charge is 0.297 e. The van der Waals surface area contributed by atoms with E-state index in [0.717, 1.165) is 5.56 Å². The zero-order chi connectivity index (χ0) is 12.3. The quantitative estimate of drug-likeness (QED) is 0.768. The monoisotopic (exact) mass is 237 g/mol. The van der Waals surface area contributed by atoms with Crippen molar-refractivity contribution in [3.8, 4) is 11.1 Å². The molecule has 0 radical (unpaired) electrons. The number of hydrogen-bond donors (Lipinski definition) is 1. The molecule has 2 rings (SSSR count). The molecule has 0 spiro atoms. The average Bonchev–Trinajstić information content (AvgIpc) is 2.29. The van der Waals surface area contributed by atoms with E-state index in [1.165, 1.54) is 6.07 Å². The van der Waals surface area contributed by atoms with Crippen molar-refractivity contribution in [2.45, 2.75) is 6.30 Å². The van der Waals surface area contributed by atoms with Gasteiger partial charge in [0.25, 0.3) is 0 Å². The summed E-state index contributed by atoms with van der Waals surface area (Å²) in [6.45, 7) is 0. The fourth-order valence-corrected chi connectivity index (χ4v) is 1.61. The van der Waals surface area contributed by atoms with Crippen molar-refractivity contribution < 1.29 is 13.2 Å². The Kier molecular flexibility index (Phi) is 3.04. The summed E-state index contributed by atoms with van der Waals surface area (Å²) >= 11 is 0. The minimum atomic E-state index is -4.43. The van der Waals surface area contributed by atoms with Crippen molar-refractivity contribution in [1.29, 1.82) is 0 Å². The predicted molar refractivity (Wildman–Crippen MR) is 61.6 cm³/mol. The molecule has 2 aromatic carbocycles. The molecule has 0 bridgehead atoms. The number of anilines is 1. The van der Waals surface area contributed by atoms with Crippen molar-refractivity contribution in [1.82, 2.24) is 0 Å². The van der Waals surface area contributed by atoms with Crippen LogP contribution in [0.2, 0.25) is 0 Å². The number of hydrogen-bond acceptors (Lipinski definition) is 1. The Bertz CT molecular complexity index is 492. The van der Waals surface area contributed by atoms with Crippen LogP contribution in [-0.4, -0.2) is 6.30 Å². The van der Waals surface area contributed by atoms with Gasteiger partial charge in [-0.2, -0.15) is 13.2 Å². The lowest BCUT2D eigenvalue weighted by Crippen LogP contribution is -2.21. The van der Waals surface area contributed by atoms with Crippen LogP contribution in [-0.2, 0) is 0 Å². The SMILES string of the molecule is FC(F)(F)Nc1ccccc1-c1ccccc1. The first-order valence-corrected chi connectivity index (χ1v) is 5.05. The molecule has 0 fully saturated rings. The van der Waals surface area contributed by atoms with Crippen LogP contribution < -0.4 is 5.32 Å². The summed E-state index contributed by atoms with van der Waals surface area (Å²) in [6.07, 6.45) is -4.43. The zero-order valence-electron chi connectivity index (χ0n) is 8.83. The van der Waals surface area contributed by atoms with Gasteiger partial charge in [-0.25, -0.2) is 0 Å². The molecule has 0 atom stereocenters. The molecule has 0 saturated carbocycles. The normalized spacial score (nSPS) is 11.2. The Morgan fingerprint density at radius 2 is 1.35 bits per heavy atom. The third kappa shape index (κ3) is 3.00. The maximum Gasteiger partial charge on any atom is 0.482 e. The van der Waals surface area contributed by atoms with Gasteiger partial charge in [0.2, 0.25) is 0 Å². The summed E-state index contributed by atoms with van der Waals surface area (Å²) < 4.78 is 37.0. The Hall–Kier alpha value is -1.97. The van der Waals surface area contributed by atoms with Gasteiger partial charge in [0.1, 0.15) is 0 Å². The molecule has 2 aromatic rings. The molecule has 0 aromatic heterocycles. The Morgan fingerprint density at radius 3 is 2.00 bits per heavy atom. The molecule has 1 nitrogen and oxygen atoms in total. The summed E-state index contributed by atoms with van der Waals surface area (Å²) in [4.78, 5) is 0. The Balaban J connectivity index is 2.41. The van der Waals surface area contributed by atoms with Gasteiger partial charge in [0.05, 0.1) is 0 Å². The standard InChI is InChI=1S/C13H10F3N/c14-13(15,16)17-12-9-5-4-8-11(12)10-6-2-1-3-7-10/h1-9,17H. The molecular weight excluding hydrogens is 227 g/mol. The van der Waals surface area contributed by atoms with E-state index >= 15 is 0 Å². The van der Waals surface area contributed by atoms with Crippen molar-refractivity contribution in [3.05, 3.63) is 54.6 Å². The molecule has 1 N–H and O–H groups in total. The molecule has 0 amide bonds. The van der Waals surface area contributed by atoms with Crippen LogP contribution >= 0.6 is 0 Å².